The lowest BCUT2D eigenvalue weighted by atomic mass is 9.96. The number of methoxy groups -OCH3 is 1. The van der Waals surface area contributed by atoms with Crippen molar-refractivity contribution in [1.82, 2.24) is 10.3 Å². The molecule has 0 amide bonds. The Hall–Kier alpha value is -1.91. The molecule has 0 unspecified atom stereocenters. The van der Waals surface area contributed by atoms with E-state index in [9.17, 15) is 0 Å². The lowest BCUT2D eigenvalue weighted by Crippen LogP contribution is -2.26. The third-order valence-corrected chi connectivity index (χ3v) is 4.86. The molecule has 1 aliphatic carbocycles. The van der Waals surface area contributed by atoms with Crippen LogP contribution in [0.3, 0.4) is 0 Å². The second-order valence-corrected chi connectivity index (χ2v) is 6.69. The summed E-state index contributed by atoms with van der Waals surface area (Å²) in [5, 5.41) is 3.61. The van der Waals surface area contributed by atoms with Crippen LogP contribution in [0.4, 0.5) is 5.82 Å². The molecule has 4 heteroatoms. The Bertz CT molecular complexity index is 623. The monoisotopic (exact) mass is 325 g/mol. The summed E-state index contributed by atoms with van der Waals surface area (Å²) in [6.45, 7) is 3.46. The first-order valence-electron chi connectivity index (χ1n) is 8.65. The van der Waals surface area contributed by atoms with Gasteiger partial charge in [0.15, 0.2) is 0 Å². The molecule has 128 valence electrons. The highest BCUT2D eigenvalue weighted by atomic mass is 16.5. The predicted octanol–water partition coefficient (Wildman–Crippen LogP) is 2.99. The molecule has 3 rings (SSSR count). The van der Waals surface area contributed by atoms with Crippen LogP contribution in [0.25, 0.3) is 0 Å². The Labute approximate surface area is 144 Å². The van der Waals surface area contributed by atoms with Gasteiger partial charge in [-0.3, -0.25) is 0 Å². The van der Waals surface area contributed by atoms with Crippen molar-refractivity contribution in [2.24, 2.45) is 0 Å². The molecule has 1 fully saturated rings. The smallest absolute Gasteiger partial charge is 0.128 e. The van der Waals surface area contributed by atoms with E-state index in [4.69, 9.17) is 4.74 Å². The number of pyridine rings is 1. The van der Waals surface area contributed by atoms with E-state index in [-0.39, 0.29) is 0 Å². The van der Waals surface area contributed by atoms with Crippen molar-refractivity contribution in [3.8, 4) is 0 Å². The van der Waals surface area contributed by atoms with E-state index >= 15 is 0 Å². The van der Waals surface area contributed by atoms with Crippen molar-refractivity contribution in [1.29, 1.82) is 0 Å². The number of ether oxygens (including phenoxy) is 1. The number of hydrogen-bond acceptors (Lipinski definition) is 4. The lowest BCUT2D eigenvalue weighted by Gasteiger charge is -2.18. The van der Waals surface area contributed by atoms with Gasteiger partial charge >= 0.3 is 0 Å². The standard InChI is InChI=1S/C20H27N3O/c1-23(12-13-24-2)19-9-8-17(15-22-19)14-21-16-20(10-11-20)18-6-4-3-5-7-18/h3-9,15,21H,10-14,16H2,1-2H3. The van der Waals surface area contributed by atoms with Crippen LogP contribution in [0.5, 0.6) is 0 Å². The first-order valence-corrected chi connectivity index (χ1v) is 8.65. The second-order valence-electron chi connectivity index (χ2n) is 6.69. The van der Waals surface area contributed by atoms with Gasteiger partial charge in [0.2, 0.25) is 0 Å². The molecule has 0 bridgehead atoms. The summed E-state index contributed by atoms with van der Waals surface area (Å²) in [5.74, 6) is 0.985. The van der Waals surface area contributed by atoms with Gasteiger partial charge in [-0.05, 0) is 30.0 Å². The van der Waals surface area contributed by atoms with Crippen LogP contribution in [0.2, 0.25) is 0 Å². The van der Waals surface area contributed by atoms with Crippen LogP contribution in [0.1, 0.15) is 24.0 Å². The minimum Gasteiger partial charge on any atom is -0.383 e. The summed E-state index contributed by atoms with van der Waals surface area (Å²) in [5.41, 5.74) is 3.04. The van der Waals surface area contributed by atoms with Gasteiger partial charge in [0, 0.05) is 45.4 Å². The minimum atomic E-state index is 0.356. The molecule has 0 saturated heterocycles. The van der Waals surface area contributed by atoms with Gasteiger partial charge in [0.25, 0.3) is 0 Å². The van der Waals surface area contributed by atoms with E-state index in [1.165, 1.54) is 24.0 Å². The topological polar surface area (TPSA) is 37.4 Å². The predicted molar refractivity (Wildman–Crippen MR) is 98.4 cm³/mol. The molecule has 1 aromatic heterocycles. The van der Waals surface area contributed by atoms with Crippen LogP contribution in [-0.4, -0.2) is 38.8 Å². The van der Waals surface area contributed by atoms with Crippen molar-refractivity contribution in [2.45, 2.75) is 24.8 Å². The lowest BCUT2D eigenvalue weighted by molar-refractivity contribution is 0.206. The number of nitrogens with one attached hydrogen (secondary N) is 1. The highest BCUT2D eigenvalue weighted by Crippen LogP contribution is 2.47. The fraction of sp³-hybridized carbons (Fsp3) is 0.450. The zero-order valence-electron chi connectivity index (χ0n) is 14.7. The molecular formula is C20H27N3O. The van der Waals surface area contributed by atoms with Crippen molar-refractivity contribution < 1.29 is 4.74 Å². The van der Waals surface area contributed by atoms with Crippen molar-refractivity contribution in [3.05, 3.63) is 59.8 Å². The molecule has 2 aromatic rings. The minimum absolute atomic E-state index is 0.356. The highest BCUT2D eigenvalue weighted by Gasteiger charge is 2.43. The highest BCUT2D eigenvalue weighted by molar-refractivity contribution is 5.38. The SMILES string of the molecule is COCCN(C)c1ccc(CNCC2(c3ccccc3)CC2)cn1. The van der Waals surface area contributed by atoms with E-state index in [0.29, 0.717) is 12.0 Å². The molecule has 1 saturated carbocycles. The van der Waals surface area contributed by atoms with Crippen LogP contribution in [-0.2, 0) is 16.7 Å². The zero-order chi connectivity index (χ0) is 16.8. The maximum Gasteiger partial charge on any atom is 0.128 e. The number of hydrogen-bond donors (Lipinski definition) is 1. The first kappa shape index (κ1) is 16.9. The fourth-order valence-corrected chi connectivity index (χ4v) is 3.05. The second kappa shape index (κ2) is 7.77. The summed E-state index contributed by atoms with van der Waals surface area (Å²) in [6, 6.07) is 15.1. The largest absolute Gasteiger partial charge is 0.383 e. The number of rotatable bonds is 9. The van der Waals surface area contributed by atoms with Gasteiger partial charge < -0.3 is 15.0 Å². The molecule has 0 radical (unpaired) electrons. The van der Waals surface area contributed by atoms with Crippen LogP contribution < -0.4 is 10.2 Å². The number of likely N-dealkylation sites (N-methyl/N-ethyl adjacent to an activating group) is 1. The Balaban J connectivity index is 1.49. The summed E-state index contributed by atoms with van der Waals surface area (Å²) in [4.78, 5) is 6.66. The molecule has 1 heterocycles. The Kier molecular flexibility index (Phi) is 5.48. The average Bonchev–Trinajstić information content (AvgIpc) is 3.42. The Morgan fingerprint density at radius 1 is 1.17 bits per heavy atom. The van der Waals surface area contributed by atoms with Crippen molar-refractivity contribution in [3.63, 3.8) is 0 Å². The van der Waals surface area contributed by atoms with Gasteiger partial charge in [0.1, 0.15) is 5.82 Å². The third kappa shape index (κ3) is 4.13. The third-order valence-electron chi connectivity index (χ3n) is 4.86. The van der Waals surface area contributed by atoms with Crippen LogP contribution >= 0.6 is 0 Å². The quantitative estimate of drug-likeness (QED) is 0.769. The maximum absolute atomic E-state index is 5.11. The molecule has 0 aliphatic heterocycles. The zero-order valence-corrected chi connectivity index (χ0v) is 14.7. The van der Waals surface area contributed by atoms with Gasteiger partial charge in [-0.25, -0.2) is 4.98 Å². The Morgan fingerprint density at radius 2 is 1.96 bits per heavy atom. The van der Waals surface area contributed by atoms with Crippen molar-refractivity contribution in [2.75, 3.05) is 38.8 Å². The number of anilines is 1. The molecule has 4 nitrogen and oxygen atoms in total. The van der Waals surface area contributed by atoms with E-state index in [1.54, 1.807) is 7.11 Å². The van der Waals surface area contributed by atoms with E-state index in [2.05, 4.69) is 57.7 Å². The summed E-state index contributed by atoms with van der Waals surface area (Å²) < 4.78 is 5.11. The fourth-order valence-electron chi connectivity index (χ4n) is 3.05. The number of nitrogens with zero attached hydrogens (tertiary/aromatic N) is 2. The van der Waals surface area contributed by atoms with E-state index < -0.39 is 0 Å². The molecule has 1 N–H and O–H groups in total. The summed E-state index contributed by atoms with van der Waals surface area (Å²) in [6.07, 6.45) is 4.53. The van der Waals surface area contributed by atoms with Gasteiger partial charge in [-0.2, -0.15) is 0 Å². The molecule has 24 heavy (non-hydrogen) atoms. The van der Waals surface area contributed by atoms with Gasteiger partial charge in [0.05, 0.1) is 6.61 Å². The van der Waals surface area contributed by atoms with Gasteiger partial charge in [-0.15, -0.1) is 0 Å². The molecule has 1 aliphatic rings. The first-order chi connectivity index (χ1) is 11.7. The average molecular weight is 325 g/mol. The number of benzene rings is 1. The maximum atomic E-state index is 5.11. The summed E-state index contributed by atoms with van der Waals surface area (Å²) >= 11 is 0. The van der Waals surface area contributed by atoms with E-state index in [0.717, 1.165) is 25.5 Å². The Morgan fingerprint density at radius 3 is 2.58 bits per heavy atom. The number of aromatic nitrogens is 1. The van der Waals surface area contributed by atoms with Crippen LogP contribution in [0, 0.1) is 0 Å². The van der Waals surface area contributed by atoms with Gasteiger partial charge in [-0.1, -0.05) is 36.4 Å². The van der Waals surface area contributed by atoms with E-state index in [1.807, 2.05) is 13.2 Å². The molecular weight excluding hydrogens is 298 g/mol. The van der Waals surface area contributed by atoms with Crippen LogP contribution in [0.15, 0.2) is 48.7 Å². The molecule has 1 aromatic carbocycles. The van der Waals surface area contributed by atoms with Crippen molar-refractivity contribution >= 4 is 5.82 Å². The molecule has 0 spiro atoms. The molecule has 0 atom stereocenters. The summed E-state index contributed by atoms with van der Waals surface area (Å²) in [7, 11) is 3.76. The normalized spacial score (nSPS) is 15.2.